The van der Waals surface area contributed by atoms with E-state index >= 15 is 0 Å². The van der Waals surface area contributed by atoms with Gasteiger partial charge in [-0.1, -0.05) is 6.92 Å². The van der Waals surface area contributed by atoms with Crippen molar-refractivity contribution < 1.29 is 14.6 Å². The van der Waals surface area contributed by atoms with Crippen molar-refractivity contribution >= 4 is 11.7 Å². The molecule has 1 heterocycles. The fourth-order valence-corrected chi connectivity index (χ4v) is 1.00. The average molecular weight is 235 g/mol. The van der Waals surface area contributed by atoms with Crippen LogP contribution in [0.2, 0.25) is 0 Å². The number of azo groups is 1. The van der Waals surface area contributed by atoms with Gasteiger partial charge in [0.1, 0.15) is 11.4 Å². The minimum absolute atomic E-state index is 0.163. The Labute approximate surface area is 98.7 Å². The summed E-state index contributed by atoms with van der Waals surface area (Å²) in [6.45, 7) is 1.69. The van der Waals surface area contributed by atoms with Gasteiger partial charge in [-0.3, -0.25) is 4.98 Å². The second kappa shape index (κ2) is 6.37. The van der Waals surface area contributed by atoms with Gasteiger partial charge in [-0.15, -0.1) is 10.2 Å². The molecule has 0 aliphatic rings. The molecule has 1 N–H and O–H groups in total. The van der Waals surface area contributed by atoms with Gasteiger partial charge in [-0.25, -0.2) is 4.79 Å². The zero-order valence-electron chi connectivity index (χ0n) is 9.62. The van der Waals surface area contributed by atoms with Gasteiger partial charge in [0.25, 0.3) is 0 Å². The Bertz CT molecular complexity index is 441. The fraction of sp³-hybridized carbons (Fsp3) is 0.273. The molecule has 0 saturated carbocycles. The Balaban J connectivity index is 2.96. The van der Waals surface area contributed by atoms with Crippen molar-refractivity contribution in [1.82, 2.24) is 4.98 Å². The molecule has 0 spiro atoms. The normalized spacial score (nSPS) is 12.4. The van der Waals surface area contributed by atoms with Crippen LogP contribution < -0.4 is 0 Å². The van der Waals surface area contributed by atoms with E-state index in [1.807, 2.05) is 0 Å². The third-order valence-electron chi connectivity index (χ3n) is 1.90. The smallest absolute Gasteiger partial charge is 0.362 e. The minimum Gasteiger partial charge on any atom is -0.510 e. The maximum atomic E-state index is 11.3. The van der Waals surface area contributed by atoms with E-state index in [1.165, 1.54) is 13.3 Å². The fourth-order valence-electron chi connectivity index (χ4n) is 1.00. The van der Waals surface area contributed by atoms with E-state index < -0.39 is 5.97 Å². The van der Waals surface area contributed by atoms with Gasteiger partial charge in [0.2, 0.25) is 5.70 Å². The molecule has 6 heteroatoms. The highest BCUT2D eigenvalue weighted by atomic mass is 16.5. The quantitative estimate of drug-likeness (QED) is 0.376. The van der Waals surface area contributed by atoms with Crippen molar-refractivity contribution in [1.29, 1.82) is 0 Å². The molecule has 1 aromatic heterocycles. The number of aliphatic hydroxyl groups excluding tert-OH is 1. The molecular formula is C11H13N3O3. The molecule has 0 aromatic carbocycles. The van der Waals surface area contributed by atoms with Gasteiger partial charge >= 0.3 is 5.97 Å². The Kier molecular flexibility index (Phi) is 4.80. The Morgan fingerprint density at radius 1 is 1.59 bits per heavy atom. The van der Waals surface area contributed by atoms with Gasteiger partial charge in [0.15, 0.2) is 0 Å². The summed E-state index contributed by atoms with van der Waals surface area (Å²) in [5.74, 6) is -0.888. The first-order chi connectivity index (χ1) is 8.19. The molecule has 1 aromatic rings. The molecule has 0 bridgehead atoms. The van der Waals surface area contributed by atoms with E-state index in [9.17, 15) is 9.90 Å². The van der Waals surface area contributed by atoms with Crippen LogP contribution in [0.3, 0.4) is 0 Å². The number of carbonyl (C=O) groups is 1. The van der Waals surface area contributed by atoms with Gasteiger partial charge < -0.3 is 9.84 Å². The number of rotatable bonds is 4. The number of aliphatic hydroxyl groups is 1. The predicted octanol–water partition coefficient (Wildman–Crippen LogP) is 2.52. The lowest BCUT2D eigenvalue weighted by atomic mass is 10.3. The van der Waals surface area contributed by atoms with Gasteiger partial charge in [0, 0.05) is 12.6 Å². The van der Waals surface area contributed by atoms with Crippen molar-refractivity contribution in [3.05, 3.63) is 36.0 Å². The highest BCUT2D eigenvalue weighted by molar-refractivity contribution is 5.88. The number of allylic oxidation sites excluding steroid dienone is 1. The van der Waals surface area contributed by atoms with Crippen molar-refractivity contribution in [2.45, 2.75) is 13.3 Å². The number of hydrogen-bond donors (Lipinski definition) is 1. The summed E-state index contributed by atoms with van der Waals surface area (Å²) < 4.78 is 4.50. The zero-order valence-corrected chi connectivity index (χ0v) is 9.62. The summed E-state index contributed by atoms with van der Waals surface area (Å²) in [5.41, 5.74) is 0.289. The SMILES string of the molecule is CC/C(O)=C(\N=Nc1cccnc1)C(=O)OC. The number of esters is 1. The summed E-state index contributed by atoms with van der Waals surface area (Å²) >= 11 is 0. The molecule has 0 amide bonds. The maximum absolute atomic E-state index is 11.3. The molecule has 17 heavy (non-hydrogen) atoms. The van der Waals surface area contributed by atoms with Gasteiger partial charge in [-0.05, 0) is 12.1 Å². The summed E-state index contributed by atoms with van der Waals surface area (Å²) in [6.07, 6.45) is 3.36. The molecule has 0 radical (unpaired) electrons. The van der Waals surface area contributed by atoms with E-state index in [-0.39, 0.29) is 17.9 Å². The van der Waals surface area contributed by atoms with Crippen LogP contribution in [0.1, 0.15) is 13.3 Å². The van der Waals surface area contributed by atoms with Crippen LogP contribution in [0.4, 0.5) is 5.69 Å². The van der Waals surface area contributed by atoms with Crippen molar-refractivity contribution in [3.8, 4) is 0 Å². The van der Waals surface area contributed by atoms with E-state index in [0.29, 0.717) is 5.69 Å². The van der Waals surface area contributed by atoms with Crippen LogP contribution >= 0.6 is 0 Å². The highest BCUT2D eigenvalue weighted by Crippen LogP contribution is 2.14. The third-order valence-corrected chi connectivity index (χ3v) is 1.90. The largest absolute Gasteiger partial charge is 0.510 e. The number of methoxy groups -OCH3 is 1. The molecule has 1 rings (SSSR count). The van der Waals surface area contributed by atoms with E-state index in [2.05, 4.69) is 19.9 Å². The van der Waals surface area contributed by atoms with Crippen LogP contribution in [-0.4, -0.2) is 23.2 Å². The number of carbonyl (C=O) groups excluding carboxylic acids is 1. The van der Waals surface area contributed by atoms with Gasteiger partial charge in [0.05, 0.1) is 13.3 Å². The monoisotopic (exact) mass is 235 g/mol. The van der Waals surface area contributed by atoms with Crippen LogP contribution in [0, 0.1) is 0 Å². The zero-order chi connectivity index (χ0) is 12.7. The Morgan fingerprint density at radius 3 is 2.88 bits per heavy atom. The number of pyridine rings is 1. The second-order valence-electron chi connectivity index (χ2n) is 3.05. The lowest BCUT2D eigenvalue weighted by Crippen LogP contribution is -2.05. The number of aromatic nitrogens is 1. The summed E-state index contributed by atoms with van der Waals surface area (Å²) in [4.78, 5) is 15.2. The molecule has 6 nitrogen and oxygen atoms in total. The molecule has 0 aliphatic carbocycles. The molecular weight excluding hydrogens is 222 g/mol. The number of nitrogens with zero attached hydrogens (tertiary/aromatic N) is 3. The van der Waals surface area contributed by atoms with Crippen molar-refractivity contribution in [2.75, 3.05) is 7.11 Å². The summed E-state index contributed by atoms with van der Waals surface area (Å²) in [6, 6.07) is 3.37. The molecule has 0 atom stereocenters. The number of hydrogen-bond acceptors (Lipinski definition) is 6. The van der Waals surface area contributed by atoms with Crippen molar-refractivity contribution in [2.24, 2.45) is 10.2 Å². The molecule has 0 fully saturated rings. The lowest BCUT2D eigenvalue weighted by Gasteiger charge is -2.01. The van der Waals surface area contributed by atoms with E-state index in [4.69, 9.17) is 0 Å². The third kappa shape index (κ3) is 3.67. The standard InChI is InChI=1S/C11H13N3O3/c1-3-9(15)10(11(16)17-2)14-13-8-5-4-6-12-7-8/h4-7,15H,3H2,1-2H3/b10-9+,14-13?. The Morgan fingerprint density at radius 2 is 2.35 bits per heavy atom. The summed E-state index contributed by atoms with van der Waals surface area (Å²) in [7, 11) is 1.21. The van der Waals surface area contributed by atoms with E-state index in [0.717, 1.165) is 0 Å². The van der Waals surface area contributed by atoms with Crippen LogP contribution in [-0.2, 0) is 9.53 Å². The van der Waals surface area contributed by atoms with Gasteiger partial charge in [-0.2, -0.15) is 0 Å². The topological polar surface area (TPSA) is 84.1 Å². The molecule has 0 saturated heterocycles. The summed E-state index contributed by atoms with van der Waals surface area (Å²) in [5, 5.41) is 17.0. The van der Waals surface area contributed by atoms with Crippen LogP contribution in [0.15, 0.2) is 46.2 Å². The second-order valence-corrected chi connectivity index (χ2v) is 3.05. The van der Waals surface area contributed by atoms with Crippen LogP contribution in [0.25, 0.3) is 0 Å². The minimum atomic E-state index is -0.725. The maximum Gasteiger partial charge on any atom is 0.362 e. The molecule has 0 unspecified atom stereocenters. The van der Waals surface area contributed by atoms with Crippen LogP contribution in [0.5, 0.6) is 0 Å². The first kappa shape index (κ1) is 12.8. The molecule has 90 valence electrons. The highest BCUT2D eigenvalue weighted by Gasteiger charge is 2.14. The van der Waals surface area contributed by atoms with Crippen molar-refractivity contribution in [3.63, 3.8) is 0 Å². The number of ether oxygens (including phenoxy) is 1. The first-order valence-electron chi connectivity index (χ1n) is 5.01. The molecule has 0 aliphatic heterocycles. The first-order valence-corrected chi connectivity index (χ1v) is 5.01. The predicted molar refractivity (Wildman–Crippen MR) is 60.7 cm³/mol. The van der Waals surface area contributed by atoms with E-state index in [1.54, 1.807) is 25.3 Å². The Hall–Kier alpha value is -2.24. The average Bonchev–Trinajstić information content (AvgIpc) is 2.39. The lowest BCUT2D eigenvalue weighted by molar-refractivity contribution is -0.136.